The quantitative estimate of drug-likeness (QED) is 0.315. The van der Waals surface area contributed by atoms with Crippen molar-refractivity contribution in [3.63, 3.8) is 0 Å². The lowest BCUT2D eigenvalue weighted by atomic mass is 9.97. The van der Waals surface area contributed by atoms with E-state index in [4.69, 9.17) is 9.47 Å². The Labute approximate surface area is 162 Å². The summed E-state index contributed by atoms with van der Waals surface area (Å²) in [4.78, 5) is 40.1. The molecular weight excluding hydrogens is 373 g/mol. The molecule has 0 N–H and O–H groups in total. The maximum Gasteiger partial charge on any atom is 0.414 e. The summed E-state index contributed by atoms with van der Waals surface area (Å²) in [5.74, 6) is -3.01. The van der Waals surface area contributed by atoms with E-state index < -0.39 is 40.0 Å². The SMILES string of the molecule is CCOC(=O)C(C=NC)c1cc(F)cc(N(C)C(=O)OC(C)(C)C)c1[N+](=O)[O-]. The molecule has 1 unspecified atom stereocenters. The Kier molecular flexibility index (Phi) is 7.60. The van der Waals surface area contributed by atoms with Gasteiger partial charge in [0.05, 0.1) is 17.1 Å². The minimum atomic E-state index is -1.31. The Balaban J connectivity index is 3.62. The van der Waals surface area contributed by atoms with Gasteiger partial charge in [0.25, 0.3) is 5.69 Å². The number of amides is 1. The minimum Gasteiger partial charge on any atom is -0.465 e. The van der Waals surface area contributed by atoms with Crippen LogP contribution in [-0.2, 0) is 14.3 Å². The van der Waals surface area contributed by atoms with Gasteiger partial charge in [-0.3, -0.25) is 24.8 Å². The van der Waals surface area contributed by atoms with Crippen molar-refractivity contribution in [2.45, 2.75) is 39.2 Å². The summed E-state index contributed by atoms with van der Waals surface area (Å²) >= 11 is 0. The van der Waals surface area contributed by atoms with Crippen LogP contribution >= 0.6 is 0 Å². The Bertz CT molecular complexity index is 788. The van der Waals surface area contributed by atoms with E-state index in [9.17, 15) is 24.1 Å². The molecule has 1 rings (SSSR count). The van der Waals surface area contributed by atoms with Crippen LogP contribution in [0.3, 0.4) is 0 Å². The van der Waals surface area contributed by atoms with Gasteiger partial charge in [0, 0.05) is 26.4 Å². The second-order valence-corrected chi connectivity index (χ2v) is 6.80. The van der Waals surface area contributed by atoms with Crippen LogP contribution in [0.4, 0.5) is 20.6 Å². The predicted molar refractivity (Wildman–Crippen MR) is 101 cm³/mol. The summed E-state index contributed by atoms with van der Waals surface area (Å²) in [5.41, 5.74) is -2.11. The number of nitrogens with zero attached hydrogens (tertiary/aromatic N) is 3. The van der Waals surface area contributed by atoms with E-state index in [0.29, 0.717) is 0 Å². The maximum atomic E-state index is 14.3. The number of aliphatic imine (C=N–C) groups is 1. The molecule has 10 heteroatoms. The van der Waals surface area contributed by atoms with Gasteiger partial charge in [0.1, 0.15) is 23.0 Å². The molecule has 9 nitrogen and oxygen atoms in total. The molecule has 0 heterocycles. The number of halogens is 1. The highest BCUT2D eigenvalue weighted by Gasteiger charge is 2.34. The summed E-state index contributed by atoms with van der Waals surface area (Å²) in [6, 6.07) is 1.69. The number of carbonyl (C=O) groups is 2. The summed E-state index contributed by atoms with van der Waals surface area (Å²) in [6.07, 6.45) is 0.209. The van der Waals surface area contributed by atoms with Crippen molar-refractivity contribution < 1.29 is 28.4 Å². The lowest BCUT2D eigenvalue weighted by molar-refractivity contribution is -0.384. The number of ether oxygens (including phenoxy) is 2. The molecule has 0 aliphatic heterocycles. The lowest BCUT2D eigenvalue weighted by Gasteiger charge is -2.25. The number of nitro groups is 1. The molecule has 0 aromatic heterocycles. The zero-order chi connectivity index (χ0) is 21.6. The van der Waals surface area contributed by atoms with Crippen molar-refractivity contribution in [2.75, 3.05) is 25.6 Å². The molecular formula is C18H24FN3O6. The van der Waals surface area contributed by atoms with Crippen molar-refractivity contribution in [3.8, 4) is 0 Å². The van der Waals surface area contributed by atoms with Crippen LogP contribution < -0.4 is 4.90 Å². The van der Waals surface area contributed by atoms with E-state index in [-0.39, 0.29) is 17.9 Å². The first-order valence-corrected chi connectivity index (χ1v) is 8.46. The van der Waals surface area contributed by atoms with Gasteiger partial charge in [0.15, 0.2) is 0 Å². The van der Waals surface area contributed by atoms with Gasteiger partial charge in [-0.15, -0.1) is 0 Å². The smallest absolute Gasteiger partial charge is 0.414 e. The number of esters is 1. The first-order valence-electron chi connectivity index (χ1n) is 8.46. The molecule has 0 aliphatic rings. The van der Waals surface area contributed by atoms with Gasteiger partial charge in [-0.1, -0.05) is 0 Å². The molecule has 0 spiro atoms. The number of anilines is 1. The van der Waals surface area contributed by atoms with Crippen LogP contribution in [-0.4, -0.2) is 49.5 Å². The molecule has 0 radical (unpaired) electrons. The number of rotatable bonds is 6. The van der Waals surface area contributed by atoms with Gasteiger partial charge in [-0.25, -0.2) is 9.18 Å². The molecule has 1 amide bonds. The van der Waals surface area contributed by atoms with E-state index in [2.05, 4.69) is 4.99 Å². The maximum absolute atomic E-state index is 14.3. The van der Waals surface area contributed by atoms with Gasteiger partial charge in [-0.05, 0) is 33.8 Å². The summed E-state index contributed by atoms with van der Waals surface area (Å²) in [6.45, 7) is 6.47. The Morgan fingerprint density at radius 2 is 2.00 bits per heavy atom. The molecule has 1 atom stereocenters. The first kappa shape index (κ1) is 23.0. The second kappa shape index (κ2) is 9.25. The van der Waals surface area contributed by atoms with Crippen LogP contribution in [0.25, 0.3) is 0 Å². The van der Waals surface area contributed by atoms with Gasteiger partial charge in [-0.2, -0.15) is 0 Å². The van der Waals surface area contributed by atoms with Crippen molar-refractivity contribution in [3.05, 3.63) is 33.6 Å². The van der Waals surface area contributed by atoms with Crippen molar-refractivity contribution >= 4 is 29.7 Å². The van der Waals surface area contributed by atoms with Crippen LogP contribution in [0.5, 0.6) is 0 Å². The van der Waals surface area contributed by atoms with E-state index >= 15 is 0 Å². The normalized spacial score (nSPS) is 12.5. The first-order chi connectivity index (χ1) is 12.9. The van der Waals surface area contributed by atoms with Gasteiger partial charge >= 0.3 is 12.1 Å². The minimum absolute atomic E-state index is 0.0284. The molecule has 0 bridgehead atoms. The number of hydrogen-bond acceptors (Lipinski definition) is 7. The molecule has 0 aliphatic carbocycles. The summed E-state index contributed by atoms with van der Waals surface area (Å²) < 4.78 is 24.4. The highest BCUT2D eigenvalue weighted by Crippen LogP contribution is 2.37. The Morgan fingerprint density at radius 3 is 2.46 bits per heavy atom. The fourth-order valence-corrected chi connectivity index (χ4v) is 2.38. The third kappa shape index (κ3) is 5.73. The van der Waals surface area contributed by atoms with Crippen LogP contribution in [0.1, 0.15) is 39.2 Å². The number of carbonyl (C=O) groups excluding carboxylic acids is 2. The lowest BCUT2D eigenvalue weighted by Crippen LogP contribution is -2.34. The molecule has 1 aromatic rings. The van der Waals surface area contributed by atoms with E-state index in [1.807, 2.05) is 0 Å². The van der Waals surface area contributed by atoms with E-state index in [0.717, 1.165) is 23.2 Å². The van der Waals surface area contributed by atoms with Gasteiger partial charge in [0.2, 0.25) is 0 Å². The highest BCUT2D eigenvalue weighted by molar-refractivity contribution is 5.99. The Morgan fingerprint density at radius 1 is 1.39 bits per heavy atom. The van der Waals surface area contributed by atoms with Gasteiger partial charge < -0.3 is 9.47 Å². The average Bonchev–Trinajstić information content (AvgIpc) is 2.56. The number of benzene rings is 1. The topological polar surface area (TPSA) is 111 Å². The molecule has 0 saturated heterocycles. The average molecular weight is 397 g/mol. The fraction of sp³-hybridized carbons (Fsp3) is 0.500. The van der Waals surface area contributed by atoms with E-state index in [1.54, 1.807) is 27.7 Å². The zero-order valence-electron chi connectivity index (χ0n) is 16.7. The predicted octanol–water partition coefficient (Wildman–Crippen LogP) is 3.45. The molecule has 0 saturated carbocycles. The number of hydrogen-bond donors (Lipinski definition) is 0. The molecule has 0 fully saturated rings. The van der Waals surface area contributed by atoms with Crippen LogP contribution in [0.2, 0.25) is 0 Å². The highest BCUT2D eigenvalue weighted by atomic mass is 19.1. The standard InChI is InChI=1S/C18H24FN3O6/c1-7-27-16(23)13(10-20-5)12-8-11(19)9-14(15(12)22(25)26)21(6)17(24)28-18(2,3)4/h8-10,13H,7H2,1-6H3. The van der Waals surface area contributed by atoms with Crippen molar-refractivity contribution in [1.29, 1.82) is 0 Å². The Hall–Kier alpha value is -3.04. The second-order valence-electron chi connectivity index (χ2n) is 6.80. The zero-order valence-corrected chi connectivity index (χ0v) is 16.7. The van der Waals surface area contributed by atoms with Crippen LogP contribution in [0.15, 0.2) is 17.1 Å². The summed E-state index contributed by atoms with van der Waals surface area (Å²) in [7, 11) is 2.58. The third-order valence-electron chi connectivity index (χ3n) is 3.47. The largest absolute Gasteiger partial charge is 0.465 e. The monoisotopic (exact) mass is 397 g/mol. The molecule has 154 valence electrons. The fourth-order valence-electron chi connectivity index (χ4n) is 2.38. The number of nitro benzene ring substituents is 1. The van der Waals surface area contributed by atoms with Crippen molar-refractivity contribution in [2.24, 2.45) is 4.99 Å². The third-order valence-corrected chi connectivity index (χ3v) is 3.47. The van der Waals surface area contributed by atoms with Crippen molar-refractivity contribution in [1.82, 2.24) is 0 Å². The van der Waals surface area contributed by atoms with Crippen LogP contribution in [0, 0.1) is 15.9 Å². The molecule has 1 aromatic carbocycles. The van der Waals surface area contributed by atoms with E-state index in [1.165, 1.54) is 14.1 Å². The molecule has 28 heavy (non-hydrogen) atoms. The summed E-state index contributed by atoms with van der Waals surface area (Å²) in [5, 5.41) is 11.8.